The maximum absolute atomic E-state index is 12.3. The zero-order chi connectivity index (χ0) is 18.7. The second kappa shape index (κ2) is 7.43. The van der Waals surface area contributed by atoms with Crippen molar-refractivity contribution in [2.75, 3.05) is 0 Å². The topological polar surface area (TPSA) is 74.0 Å². The normalized spacial score (nSPS) is 10.8. The number of benzene rings is 1. The molecule has 7 nitrogen and oxygen atoms in total. The van der Waals surface area contributed by atoms with Gasteiger partial charge in [-0.05, 0) is 50.1 Å². The van der Waals surface area contributed by atoms with Crippen molar-refractivity contribution in [1.82, 2.24) is 24.9 Å². The van der Waals surface area contributed by atoms with E-state index in [1.807, 2.05) is 46.1 Å². The Bertz CT molecular complexity index is 906. The molecule has 0 bridgehead atoms. The predicted octanol–water partition coefficient (Wildman–Crippen LogP) is 2.51. The van der Waals surface area contributed by atoms with E-state index in [9.17, 15) is 4.79 Å². The van der Waals surface area contributed by atoms with E-state index in [4.69, 9.17) is 4.74 Å². The number of hydrogen-bond donors (Lipinski definition) is 1. The first-order chi connectivity index (χ1) is 12.4. The molecule has 0 fully saturated rings. The van der Waals surface area contributed by atoms with Gasteiger partial charge in [0.15, 0.2) is 6.73 Å². The molecule has 3 rings (SSSR count). The van der Waals surface area contributed by atoms with Gasteiger partial charge in [-0.2, -0.15) is 10.2 Å². The molecule has 0 saturated heterocycles. The molecule has 0 atom stereocenters. The van der Waals surface area contributed by atoms with E-state index in [0.717, 1.165) is 28.1 Å². The lowest BCUT2D eigenvalue weighted by molar-refractivity contribution is 0.0944. The Morgan fingerprint density at radius 3 is 2.54 bits per heavy atom. The number of aromatic nitrogens is 4. The second-order valence-electron chi connectivity index (χ2n) is 6.43. The van der Waals surface area contributed by atoms with Crippen LogP contribution in [0.4, 0.5) is 0 Å². The van der Waals surface area contributed by atoms with Crippen LogP contribution < -0.4 is 10.1 Å². The Morgan fingerprint density at radius 1 is 1.15 bits per heavy atom. The molecule has 0 saturated carbocycles. The lowest BCUT2D eigenvalue weighted by Gasteiger charge is -2.08. The maximum Gasteiger partial charge on any atom is 0.272 e. The van der Waals surface area contributed by atoms with Gasteiger partial charge in [0.2, 0.25) is 0 Å². The highest BCUT2D eigenvalue weighted by molar-refractivity contribution is 5.92. The Hall–Kier alpha value is -3.09. The molecule has 1 aromatic carbocycles. The smallest absolute Gasteiger partial charge is 0.272 e. The Balaban J connectivity index is 1.56. The molecule has 26 heavy (non-hydrogen) atoms. The van der Waals surface area contributed by atoms with Crippen LogP contribution in [0.2, 0.25) is 0 Å². The molecule has 0 radical (unpaired) electrons. The van der Waals surface area contributed by atoms with Gasteiger partial charge in [-0.25, -0.2) is 4.68 Å². The van der Waals surface area contributed by atoms with Crippen LogP contribution in [0.5, 0.6) is 5.75 Å². The fourth-order valence-corrected chi connectivity index (χ4v) is 2.80. The predicted molar refractivity (Wildman–Crippen MR) is 97.9 cm³/mol. The average molecular weight is 353 g/mol. The minimum atomic E-state index is -0.224. The van der Waals surface area contributed by atoms with E-state index in [2.05, 4.69) is 21.6 Å². The number of aryl methyl sites for hydroxylation is 4. The van der Waals surface area contributed by atoms with E-state index < -0.39 is 0 Å². The van der Waals surface area contributed by atoms with Crippen LogP contribution in [0, 0.1) is 20.8 Å². The molecule has 3 aromatic rings. The monoisotopic (exact) mass is 353 g/mol. The number of ether oxygens (including phenoxy) is 1. The zero-order valence-corrected chi connectivity index (χ0v) is 15.5. The summed E-state index contributed by atoms with van der Waals surface area (Å²) in [6.45, 7) is 6.64. The van der Waals surface area contributed by atoms with Crippen LogP contribution in [0.1, 0.15) is 32.9 Å². The van der Waals surface area contributed by atoms with Gasteiger partial charge in [0.1, 0.15) is 11.4 Å². The number of nitrogens with one attached hydrogen (secondary N) is 1. The number of carbonyl (C=O) groups is 1. The molecule has 0 aliphatic heterocycles. The molecular formula is C19H23N5O2. The highest BCUT2D eigenvalue weighted by Gasteiger charge is 2.11. The van der Waals surface area contributed by atoms with Crippen molar-refractivity contribution in [1.29, 1.82) is 0 Å². The van der Waals surface area contributed by atoms with Crippen LogP contribution in [0.3, 0.4) is 0 Å². The minimum absolute atomic E-state index is 0.224. The van der Waals surface area contributed by atoms with E-state index >= 15 is 0 Å². The maximum atomic E-state index is 12.3. The summed E-state index contributed by atoms with van der Waals surface area (Å²) in [5.41, 5.74) is 4.53. The largest absolute Gasteiger partial charge is 0.471 e. The summed E-state index contributed by atoms with van der Waals surface area (Å²) in [7, 11) is 1.86. The van der Waals surface area contributed by atoms with Crippen LogP contribution in [0.25, 0.3) is 0 Å². The van der Waals surface area contributed by atoms with E-state index in [-0.39, 0.29) is 12.6 Å². The van der Waals surface area contributed by atoms with Gasteiger partial charge in [0, 0.05) is 31.5 Å². The average Bonchev–Trinajstić information content (AvgIpc) is 3.16. The summed E-state index contributed by atoms with van der Waals surface area (Å²) in [5.74, 6) is 0.564. The summed E-state index contributed by atoms with van der Waals surface area (Å²) in [4.78, 5) is 12.3. The molecule has 0 unspecified atom stereocenters. The molecule has 1 N–H and O–H groups in total. The first-order valence-electron chi connectivity index (χ1n) is 8.42. The van der Waals surface area contributed by atoms with Crippen molar-refractivity contribution in [3.05, 3.63) is 64.7 Å². The van der Waals surface area contributed by atoms with Gasteiger partial charge in [0.25, 0.3) is 5.91 Å². The highest BCUT2D eigenvalue weighted by Crippen LogP contribution is 2.16. The summed E-state index contributed by atoms with van der Waals surface area (Å²) >= 11 is 0. The van der Waals surface area contributed by atoms with Crippen molar-refractivity contribution < 1.29 is 9.53 Å². The number of nitrogens with zero attached hydrogens (tertiary/aromatic N) is 4. The van der Waals surface area contributed by atoms with Crippen LogP contribution in [0.15, 0.2) is 36.7 Å². The third kappa shape index (κ3) is 4.30. The number of hydrogen-bond acceptors (Lipinski definition) is 4. The van der Waals surface area contributed by atoms with Crippen LogP contribution in [-0.4, -0.2) is 25.5 Å². The molecule has 136 valence electrons. The third-order valence-electron chi connectivity index (χ3n) is 3.99. The van der Waals surface area contributed by atoms with Crippen LogP contribution >= 0.6 is 0 Å². The van der Waals surface area contributed by atoms with Gasteiger partial charge in [0.05, 0.1) is 5.69 Å². The van der Waals surface area contributed by atoms with Crippen molar-refractivity contribution in [3.8, 4) is 5.75 Å². The first-order valence-corrected chi connectivity index (χ1v) is 8.42. The van der Waals surface area contributed by atoms with Crippen LogP contribution in [-0.2, 0) is 20.3 Å². The summed E-state index contributed by atoms with van der Waals surface area (Å²) in [6, 6.07) is 7.71. The van der Waals surface area contributed by atoms with Gasteiger partial charge in [-0.1, -0.05) is 6.07 Å². The molecule has 0 spiro atoms. The van der Waals surface area contributed by atoms with Crippen molar-refractivity contribution in [2.24, 2.45) is 7.05 Å². The highest BCUT2D eigenvalue weighted by atomic mass is 16.5. The lowest BCUT2D eigenvalue weighted by atomic mass is 10.1. The summed E-state index contributed by atoms with van der Waals surface area (Å²) in [5, 5.41) is 11.4. The fourth-order valence-electron chi connectivity index (χ4n) is 2.80. The Kier molecular flexibility index (Phi) is 5.06. The van der Waals surface area contributed by atoms with E-state index in [0.29, 0.717) is 12.2 Å². The van der Waals surface area contributed by atoms with Crippen molar-refractivity contribution in [2.45, 2.75) is 34.0 Å². The van der Waals surface area contributed by atoms with E-state index in [1.165, 1.54) is 0 Å². The second-order valence-corrected chi connectivity index (χ2v) is 6.43. The Labute approximate surface area is 152 Å². The number of rotatable bonds is 6. The summed E-state index contributed by atoms with van der Waals surface area (Å²) in [6.07, 6.45) is 3.62. The molecule has 7 heteroatoms. The molecule has 0 aliphatic carbocycles. The van der Waals surface area contributed by atoms with E-state index in [1.54, 1.807) is 21.6 Å². The van der Waals surface area contributed by atoms with Gasteiger partial charge < -0.3 is 10.1 Å². The van der Waals surface area contributed by atoms with Gasteiger partial charge >= 0.3 is 0 Å². The van der Waals surface area contributed by atoms with Crippen molar-refractivity contribution in [3.63, 3.8) is 0 Å². The molecular weight excluding hydrogens is 330 g/mol. The lowest BCUT2D eigenvalue weighted by Crippen LogP contribution is -2.23. The standard InChI is InChI=1S/C19H23N5O2/c1-13-7-14(2)9-17(8-13)26-12-24-6-5-18(22-24)19(25)20-10-16-11-23(4)21-15(16)3/h5-9,11H,10,12H2,1-4H3,(H,20,25). The number of carbonyl (C=O) groups excluding carboxylic acids is 1. The Morgan fingerprint density at radius 2 is 1.88 bits per heavy atom. The molecule has 1 amide bonds. The molecule has 0 aliphatic rings. The zero-order valence-electron chi connectivity index (χ0n) is 15.5. The van der Waals surface area contributed by atoms with Gasteiger partial charge in [-0.15, -0.1) is 0 Å². The molecule has 2 aromatic heterocycles. The van der Waals surface area contributed by atoms with Crippen molar-refractivity contribution >= 4 is 5.91 Å². The molecule has 2 heterocycles. The van der Waals surface area contributed by atoms with Gasteiger partial charge in [-0.3, -0.25) is 9.48 Å². The fraction of sp³-hybridized carbons (Fsp3) is 0.316. The minimum Gasteiger partial charge on any atom is -0.471 e. The quantitative estimate of drug-likeness (QED) is 0.739. The first kappa shape index (κ1) is 17.7. The number of amides is 1. The third-order valence-corrected chi connectivity index (χ3v) is 3.99. The SMILES string of the molecule is Cc1cc(C)cc(OCn2ccc(C(=O)NCc3cn(C)nc3C)n2)c1. The summed E-state index contributed by atoms with van der Waals surface area (Å²) < 4.78 is 9.08.